The van der Waals surface area contributed by atoms with E-state index in [2.05, 4.69) is 43.4 Å². The molecule has 1 saturated carbocycles. The van der Waals surface area contributed by atoms with Gasteiger partial charge in [-0.15, -0.1) is 0 Å². The van der Waals surface area contributed by atoms with Gasteiger partial charge < -0.3 is 10.1 Å². The number of unbranched alkanes of at least 4 members (excludes halogenated alkanes) is 1. The van der Waals surface area contributed by atoms with Gasteiger partial charge in [0.05, 0.1) is 6.10 Å². The minimum absolute atomic E-state index is 0.402. The number of hydrogen-bond acceptors (Lipinski definition) is 2. The van der Waals surface area contributed by atoms with Gasteiger partial charge in [0.1, 0.15) is 5.75 Å². The molecule has 1 atom stereocenters. The zero-order valence-corrected chi connectivity index (χ0v) is 12.3. The fourth-order valence-corrected chi connectivity index (χ4v) is 2.67. The van der Waals surface area contributed by atoms with E-state index in [4.69, 9.17) is 4.74 Å². The van der Waals surface area contributed by atoms with Gasteiger partial charge in [-0.25, -0.2) is 0 Å². The molecule has 0 bridgehead atoms. The molecule has 0 spiro atoms. The molecule has 0 unspecified atom stereocenters. The number of ether oxygens (including phenoxy) is 1. The summed E-state index contributed by atoms with van der Waals surface area (Å²) in [6.07, 6.45) is 7.99. The van der Waals surface area contributed by atoms with Crippen LogP contribution in [0, 0.1) is 0 Å². The fourth-order valence-electron chi connectivity index (χ4n) is 2.67. The van der Waals surface area contributed by atoms with Crippen molar-refractivity contribution in [2.45, 2.75) is 64.5 Å². The molecule has 2 nitrogen and oxygen atoms in total. The van der Waals surface area contributed by atoms with Gasteiger partial charge in [0.15, 0.2) is 0 Å². The predicted octanol–water partition coefficient (Wildman–Crippen LogP) is 4.46. The van der Waals surface area contributed by atoms with Crippen molar-refractivity contribution in [2.24, 2.45) is 0 Å². The minimum atomic E-state index is 0.402. The topological polar surface area (TPSA) is 21.3 Å². The highest BCUT2D eigenvalue weighted by molar-refractivity contribution is 5.30. The molecule has 1 aromatic carbocycles. The van der Waals surface area contributed by atoms with E-state index in [0.29, 0.717) is 12.1 Å². The highest BCUT2D eigenvalue weighted by atomic mass is 16.5. The van der Waals surface area contributed by atoms with Gasteiger partial charge in [-0.05, 0) is 63.3 Å². The lowest BCUT2D eigenvalue weighted by molar-refractivity contribution is 0.209. The second-order valence-electron chi connectivity index (χ2n) is 5.63. The van der Waals surface area contributed by atoms with Crippen molar-refractivity contribution in [3.63, 3.8) is 0 Å². The van der Waals surface area contributed by atoms with Crippen molar-refractivity contribution >= 4 is 0 Å². The number of rotatable bonds is 7. The van der Waals surface area contributed by atoms with E-state index < -0.39 is 0 Å². The first kappa shape index (κ1) is 14.4. The van der Waals surface area contributed by atoms with Crippen LogP contribution in [0.2, 0.25) is 0 Å². The zero-order chi connectivity index (χ0) is 13.5. The summed E-state index contributed by atoms with van der Waals surface area (Å²) in [5, 5.41) is 3.57. The molecule has 1 aromatic rings. The normalized spacial score (nSPS) is 17.6. The fraction of sp³-hybridized carbons (Fsp3) is 0.647. The van der Waals surface area contributed by atoms with Crippen molar-refractivity contribution in [1.82, 2.24) is 5.32 Å². The molecule has 0 radical (unpaired) electrons. The van der Waals surface area contributed by atoms with Crippen LogP contribution in [0.1, 0.15) is 64.0 Å². The standard InChI is InChI=1S/C17H27NO/c1-3-4-12-18-14(2)15-8-7-11-17(13-15)19-16-9-5-6-10-16/h7-8,11,13-14,16,18H,3-6,9-10,12H2,1-2H3/t14-/m0/s1. The molecule has 2 heteroatoms. The van der Waals surface area contributed by atoms with Gasteiger partial charge in [-0.3, -0.25) is 0 Å². The highest BCUT2D eigenvalue weighted by Crippen LogP contribution is 2.26. The molecule has 19 heavy (non-hydrogen) atoms. The Morgan fingerprint density at radius 1 is 1.32 bits per heavy atom. The van der Waals surface area contributed by atoms with Crippen LogP contribution in [0.4, 0.5) is 0 Å². The van der Waals surface area contributed by atoms with Crippen LogP contribution in [0.15, 0.2) is 24.3 Å². The Hall–Kier alpha value is -1.02. The third-order valence-electron chi connectivity index (χ3n) is 3.94. The molecular formula is C17H27NO. The van der Waals surface area contributed by atoms with Crippen LogP contribution in [0.3, 0.4) is 0 Å². The maximum atomic E-state index is 6.06. The maximum absolute atomic E-state index is 6.06. The summed E-state index contributed by atoms with van der Waals surface area (Å²) in [6.45, 7) is 5.54. The van der Waals surface area contributed by atoms with Crippen LogP contribution in [-0.2, 0) is 0 Å². The van der Waals surface area contributed by atoms with Crippen molar-refractivity contribution in [3.8, 4) is 5.75 Å². The summed E-state index contributed by atoms with van der Waals surface area (Å²) in [5.41, 5.74) is 1.33. The van der Waals surface area contributed by atoms with E-state index in [0.717, 1.165) is 12.3 Å². The predicted molar refractivity (Wildman–Crippen MR) is 80.7 cm³/mol. The Bertz CT molecular complexity index is 371. The Kier molecular flexibility index (Phi) is 5.71. The molecule has 106 valence electrons. The minimum Gasteiger partial charge on any atom is -0.490 e. The number of nitrogens with one attached hydrogen (secondary N) is 1. The summed E-state index contributed by atoms with van der Waals surface area (Å²) in [6, 6.07) is 8.98. The van der Waals surface area contributed by atoms with Gasteiger partial charge in [0.25, 0.3) is 0 Å². The summed E-state index contributed by atoms with van der Waals surface area (Å²) < 4.78 is 6.06. The lowest BCUT2D eigenvalue weighted by Crippen LogP contribution is -2.19. The third kappa shape index (κ3) is 4.54. The van der Waals surface area contributed by atoms with Crippen molar-refractivity contribution < 1.29 is 4.74 Å². The van der Waals surface area contributed by atoms with Gasteiger partial charge in [0.2, 0.25) is 0 Å². The Morgan fingerprint density at radius 3 is 2.84 bits per heavy atom. The Labute approximate surface area is 117 Å². The quantitative estimate of drug-likeness (QED) is 0.732. The largest absolute Gasteiger partial charge is 0.490 e. The average molecular weight is 261 g/mol. The smallest absolute Gasteiger partial charge is 0.120 e. The number of benzene rings is 1. The average Bonchev–Trinajstić information content (AvgIpc) is 2.92. The second-order valence-corrected chi connectivity index (χ2v) is 5.63. The van der Waals surface area contributed by atoms with Crippen molar-refractivity contribution in [3.05, 3.63) is 29.8 Å². The molecule has 2 rings (SSSR count). The molecule has 1 N–H and O–H groups in total. The van der Waals surface area contributed by atoms with Crippen LogP contribution >= 0.6 is 0 Å². The van der Waals surface area contributed by atoms with E-state index in [9.17, 15) is 0 Å². The summed E-state index contributed by atoms with van der Waals surface area (Å²) in [7, 11) is 0. The van der Waals surface area contributed by atoms with Crippen LogP contribution in [-0.4, -0.2) is 12.6 Å². The van der Waals surface area contributed by atoms with E-state index >= 15 is 0 Å². The number of hydrogen-bond donors (Lipinski definition) is 1. The molecule has 1 fully saturated rings. The molecule has 1 aliphatic carbocycles. The van der Waals surface area contributed by atoms with Crippen molar-refractivity contribution in [1.29, 1.82) is 0 Å². The zero-order valence-electron chi connectivity index (χ0n) is 12.3. The van der Waals surface area contributed by atoms with E-state index in [-0.39, 0.29) is 0 Å². The summed E-state index contributed by atoms with van der Waals surface area (Å²) in [5.74, 6) is 1.04. The van der Waals surface area contributed by atoms with E-state index in [1.165, 1.54) is 44.1 Å². The molecule has 0 aliphatic heterocycles. The van der Waals surface area contributed by atoms with Crippen molar-refractivity contribution in [2.75, 3.05) is 6.54 Å². The third-order valence-corrected chi connectivity index (χ3v) is 3.94. The van der Waals surface area contributed by atoms with E-state index in [1.807, 2.05) is 0 Å². The molecule has 0 saturated heterocycles. The Balaban J connectivity index is 1.89. The van der Waals surface area contributed by atoms with Crippen LogP contribution in [0.5, 0.6) is 5.75 Å². The first-order valence-electron chi connectivity index (χ1n) is 7.79. The van der Waals surface area contributed by atoms with E-state index in [1.54, 1.807) is 0 Å². The SMILES string of the molecule is CCCCN[C@@H](C)c1cccc(OC2CCCC2)c1. The first-order valence-corrected chi connectivity index (χ1v) is 7.79. The van der Waals surface area contributed by atoms with Gasteiger partial charge in [0, 0.05) is 6.04 Å². The second kappa shape index (κ2) is 7.54. The first-order chi connectivity index (χ1) is 9.29. The molecule has 1 aliphatic rings. The summed E-state index contributed by atoms with van der Waals surface area (Å²) >= 11 is 0. The molecule has 0 amide bonds. The lowest BCUT2D eigenvalue weighted by Gasteiger charge is -2.17. The Morgan fingerprint density at radius 2 is 2.11 bits per heavy atom. The highest BCUT2D eigenvalue weighted by Gasteiger charge is 2.16. The van der Waals surface area contributed by atoms with Gasteiger partial charge in [-0.1, -0.05) is 25.5 Å². The maximum Gasteiger partial charge on any atom is 0.120 e. The molecule has 0 heterocycles. The van der Waals surface area contributed by atoms with Crippen LogP contribution in [0.25, 0.3) is 0 Å². The molecular weight excluding hydrogens is 234 g/mol. The van der Waals surface area contributed by atoms with Gasteiger partial charge in [-0.2, -0.15) is 0 Å². The van der Waals surface area contributed by atoms with Crippen LogP contribution < -0.4 is 10.1 Å². The van der Waals surface area contributed by atoms with Gasteiger partial charge >= 0.3 is 0 Å². The monoisotopic (exact) mass is 261 g/mol. The summed E-state index contributed by atoms with van der Waals surface area (Å²) in [4.78, 5) is 0. The lowest BCUT2D eigenvalue weighted by atomic mass is 10.1. The molecule has 0 aromatic heterocycles.